The number of hydrogen-bond donors (Lipinski definition) is 1. The summed E-state index contributed by atoms with van der Waals surface area (Å²) in [5, 5.41) is 16.7. The molecule has 14 heavy (non-hydrogen) atoms. The van der Waals surface area contributed by atoms with Gasteiger partial charge in [-0.15, -0.1) is 4.91 Å². The molecule has 0 unspecified atom stereocenters. The number of nitrogens with zero attached hydrogens (tertiary/aromatic N) is 4. The van der Waals surface area contributed by atoms with Crippen LogP contribution in [0.2, 0.25) is 0 Å². The van der Waals surface area contributed by atoms with Gasteiger partial charge in [0.25, 0.3) is 0 Å². The van der Waals surface area contributed by atoms with E-state index in [0.717, 1.165) is 0 Å². The molecule has 0 amide bonds. The molecule has 1 aliphatic heterocycles. The number of carboxylic acids is 1. The lowest BCUT2D eigenvalue weighted by Gasteiger charge is -2.21. The molecule has 7 nitrogen and oxygen atoms in total. The van der Waals surface area contributed by atoms with E-state index in [4.69, 9.17) is 5.11 Å². The van der Waals surface area contributed by atoms with Crippen molar-refractivity contribution in [3.05, 3.63) is 22.4 Å². The number of aromatic nitrogens is 2. The molecular weight excluding hydrogens is 188 g/mol. The van der Waals surface area contributed by atoms with Crippen molar-refractivity contribution in [3.63, 3.8) is 0 Å². The van der Waals surface area contributed by atoms with Gasteiger partial charge in [-0.3, -0.25) is 9.69 Å². The molecule has 2 rings (SSSR count). The Morgan fingerprint density at radius 2 is 2.36 bits per heavy atom. The van der Waals surface area contributed by atoms with E-state index < -0.39 is 5.97 Å². The van der Waals surface area contributed by atoms with Crippen molar-refractivity contribution in [1.29, 1.82) is 0 Å². The highest BCUT2D eigenvalue weighted by atomic mass is 16.4. The predicted octanol–water partition coefficient (Wildman–Crippen LogP) is 0.0783. The monoisotopic (exact) mass is 196 g/mol. The molecule has 74 valence electrons. The number of carbonyl (C=O) groups is 1. The Morgan fingerprint density at radius 1 is 1.57 bits per heavy atom. The van der Waals surface area contributed by atoms with Crippen LogP contribution in [0.15, 0.2) is 11.4 Å². The molecular formula is C7H8N4O3. The van der Waals surface area contributed by atoms with Gasteiger partial charge in [0.15, 0.2) is 5.69 Å². The summed E-state index contributed by atoms with van der Waals surface area (Å²) < 4.78 is 1.59. The highest BCUT2D eigenvalue weighted by Crippen LogP contribution is 2.13. The smallest absolute Gasteiger partial charge is 0.356 e. The fourth-order valence-electron chi connectivity index (χ4n) is 1.43. The number of aromatic carboxylic acids is 1. The van der Waals surface area contributed by atoms with Gasteiger partial charge in [-0.05, 0) is 6.07 Å². The molecule has 1 aliphatic rings. The maximum Gasteiger partial charge on any atom is 0.356 e. The van der Waals surface area contributed by atoms with E-state index in [9.17, 15) is 9.70 Å². The molecule has 0 radical (unpaired) electrons. The normalized spacial score (nSPS) is 15.0. The molecule has 0 saturated heterocycles. The standard InChI is InChI=1S/C7H8N4O3/c12-7(13)6-3-5-4-10(9-14)1-2-11(5)8-6/h3H,1-2,4H2,(H,12,13). The van der Waals surface area contributed by atoms with Gasteiger partial charge in [0.05, 0.1) is 30.6 Å². The van der Waals surface area contributed by atoms with Crippen LogP contribution in [0.5, 0.6) is 0 Å². The van der Waals surface area contributed by atoms with Crippen LogP contribution >= 0.6 is 0 Å². The fraction of sp³-hybridized carbons (Fsp3) is 0.429. The molecule has 1 aromatic heterocycles. The van der Waals surface area contributed by atoms with E-state index in [2.05, 4.69) is 10.4 Å². The minimum Gasteiger partial charge on any atom is -0.476 e. The topological polar surface area (TPSA) is 87.8 Å². The van der Waals surface area contributed by atoms with Crippen LogP contribution in [-0.2, 0) is 13.1 Å². The largest absolute Gasteiger partial charge is 0.476 e. The first-order valence-electron chi connectivity index (χ1n) is 4.09. The third-order valence-electron chi connectivity index (χ3n) is 2.11. The molecule has 0 bridgehead atoms. The third-order valence-corrected chi connectivity index (χ3v) is 2.11. The summed E-state index contributed by atoms with van der Waals surface area (Å²) in [6.45, 7) is 1.29. The van der Waals surface area contributed by atoms with Gasteiger partial charge in [-0.1, -0.05) is 0 Å². The molecule has 0 atom stereocenters. The Hall–Kier alpha value is -1.92. The van der Waals surface area contributed by atoms with Gasteiger partial charge in [0.1, 0.15) is 0 Å². The van der Waals surface area contributed by atoms with Crippen molar-refractivity contribution in [2.45, 2.75) is 13.1 Å². The molecule has 0 fully saturated rings. The van der Waals surface area contributed by atoms with Gasteiger partial charge in [0, 0.05) is 0 Å². The first-order chi connectivity index (χ1) is 6.70. The Bertz CT molecular complexity index is 386. The van der Waals surface area contributed by atoms with Gasteiger partial charge in [-0.25, -0.2) is 4.79 Å². The first-order valence-corrected chi connectivity index (χ1v) is 4.09. The van der Waals surface area contributed by atoms with E-state index in [1.807, 2.05) is 0 Å². The molecule has 0 saturated carbocycles. The average Bonchev–Trinajstić information content (AvgIpc) is 2.59. The second-order valence-corrected chi connectivity index (χ2v) is 3.02. The van der Waals surface area contributed by atoms with Crippen molar-refractivity contribution in [1.82, 2.24) is 14.8 Å². The zero-order valence-electron chi connectivity index (χ0n) is 7.25. The van der Waals surface area contributed by atoms with Crippen molar-refractivity contribution in [3.8, 4) is 0 Å². The van der Waals surface area contributed by atoms with E-state index in [0.29, 0.717) is 25.3 Å². The lowest BCUT2D eigenvalue weighted by Crippen LogP contribution is -2.29. The highest BCUT2D eigenvalue weighted by Gasteiger charge is 2.19. The summed E-state index contributed by atoms with van der Waals surface area (Å²) in [7, 11) is 0. The Kier molecular flexibility index (Phi) is 1.91. The zero-order chi connectivity index (χ0) is 10.1. The summed E-state index contributed by atoms with van der Waals surface area (Å²) in [6, 6.07) is 1.46. The van der Waals surface area contributed by atoms with Crippen LogP contribution in [0.1, 0.15) is 16.2 Å². The molecule has 0 aliphatic carbocycles. The van der Waals surface area contributed by atoms with Crippen molar-refractivity contribution < 1.29 is 9.90 Å². The third kappa shape index (κ3) is 1.32. The van der Waals surface area contributed by atoms with Crippen LogP contribution in [0.4, 0.5) is 0 Å². The molecule has 7 heteroatoms. The Morgan fingerprint density at radius 3 is 3.00 bits per heavy atom. The maximum absolute atomic E-state index is 10.6. The maximum atomic E-state index is 10.6. The van der Waals surface area contributed by atoms with Crippen molar-refractivity contribution >= 4 is 5.97 Å². The summed E-state index contributed by atoms with van der Waals surface area (Å²) >= 11 is 0. The summed E-state index contributed by atoms with van der Waals surface area (Å²) in [5.41, 5.74) is 0.709. The number of rotatable bonds is 2. The zero-order valence-corrected chi connectivity index (χ0v) is 7.25. The Labute approximate surface area is 78.9 Å². The van der Waals surface area contributed by atoms with Crippen LogP contribution in [-0.4, -0.2) is 32.4 Å². The molecule has 1 aromatic rings. The molecule has 2 heterocycles. The van der Waals surface area contributed by atoms with Gasteiger partial charge >= 0.3 is 5.97 Å². The number of carboxylic acid groups (broad SMARTS) is 1. The SMILES string of the molecule is O=NN1CCn2nc(C(=O)O)cc2C1. The van der Waals surface area contributed by atoms with Crippen molar-refractivity contribution in [2.75, 3.05) is 6.54 Å². The number of nitroso groups, excluding NO2 is 1. The van der Waals surface area contributed by atoms with E-state index >= 15 is 0 Å². The van der Waals surface area contributed by atoms with Crippen LogP contribution in [0, 0.1) is 4.91 Å². The van der Waals surface area contributed by atoms with E-state index in [1.54, 1.807) is 4.68 Å². The van der Waals surface area contributed by atoms with Crippen LogP contribution in [0.3, 0.4) is 0 Å². The average molecular weight is 196 g/mol. The molecule has 0 spiro atoms. The second-order valence-electron chi connectivity index (χ2n) is 3.02. The van der Waals surface area contributed by atoms with Crippen molar-refractivity contribution in [2.24, 2.45) is 5.29 Å². The lowest BCUT2D eigenvalue weighted by molar-refractivity contribution is 0.0689. The lowest BCUT2D eigenvalue weighted by atomic mass is 10.3. The highest BCUT2D eigenvalue weighted by molar-refractivity contribution is 5.85. The van der Waals surface area contributed by atoms with E-state index in [-0.39, 0.29) is 5.69 Å². The summed E-state index contributed by atoms with van der Waals surface area (Å²) in [6.07, 6.45) is 0. The second kappa shape index (κ2) is 3.09. The number of fused-ring (bicyclic) bond motifs is 1. The van der Waals surface area contributed by atoms with E-state index in [1.165, 1.54) is 11.1 Å². The van der Waals surface area contributed by atoms with Gasteiger partial charge in [-0.2, -0.15) is 5.10 Å². The minimum atomic E-state index is -1.06. The van der Waals surface area contributed by atoms with Crippen LogP contribution < -0.4 is 0 Å². The van der Waals surface area contributed by atoms with Crippen LogP contribution in [0.25, 0.3) is 0 Å². The summed E-state index contributed by atoms with van der Waals surface area (Å²) in [4.78, 5) is 20.8. The predicted molar refractivity (Wildman–Crippen MR) is 45.4 cm³/mol. The molecule has 1 N–H and O–H groups in total. The Balaban J connectivity index is 2.29. The minimum absolute atomic E-state index is 0.00717. The summed E-state index contributed by atoms with van der Waals surface area (Å²) in [5.74, 6) is -1.06. The molecule has 0 aromatic carbocycles. The fourth-order valence-corrected chi connectivity index (χ4v) is 1.43. The van der Waals surface area contributed by atoms with Gasteiger partial charge in [0.2, 0.25) is 0 Å². The van der Waals surface area contributed by atoms with Gasteiger partial charge < -0.3 is 5.11 Å². The quantitative estimate of drug-likeness (QED) is 0.676. The number of hydrogen-bond acceptors (Lipinski definition) is 4. The first kappa shape index (κ1) is 8.67.